The van der Waals surface area contributed by atoms with E-state index in [4.69, 9.17) is 0 Å². The molecule has 0 aromatic heterocycles. The van der Waals surface area contributed by atoms with Gasteiger partial charge in [0, 0.05) is 30.6 Å². The van der Waals surface area contributed by atoms with E-state index in [9.17, 15) is 13.6 Å². The van der Waals surface area contributed by atoms with Crippen molar-refractivity contribution in [1.82, 2.24) is 0 Å². The molecule has 0 atom stereocenters. The number of halogens is 2. The molecule has 0 saturated carbocycles. The standard InChI is InChI=1S/C14H15F2NO/c15-14(16)6-7-17(9-14)11-4-5-12-10(8-11)2-1-3-13(12)18/h4-5,8H,1-3,6-7,9H2. The third-order valence-electron chi connectivity index (χ3n) is 3.77. The van der Waals surface area contributed by atoms with Gasteiger partial charge in [-0.3, -0.25) is 4.79 Å². The topological polar surface area (TPSA) is 20.3 Å². The smallest absolute Gasteiger partial charge is 0.266 e. The Morgan fingerprint density at radius 1 is 1.22 bits per heavy atom. The van der Waals surface area contributed by atoms with Crippen LogP contribution in [-0.4, -0.2) is 24.8 Å². The Morgan fingerprint density at radius 3 is 2.78 bits per heavy atom. The van der Waals surface area contributed by atoms with Crippen molar-refractivity contribution in [1.29, 1.82) is 0 Å². The van der Waals surface area contributed by atoms with Crippen LogP contribution >= 0.6 is 0 Å². The quantitative estimate of drug-likeness (QED) is 0.764. The first kappa shape index (κ1) is 11.6. The summed E-state index contributed by atoms with van der Waals surface area (Å²) in [5.74, 6) is -2.40. The lowest BCUT2D eigenvalue weighted by molar-refractivity contribution is 0.0257. The van der Waals surface area contributed by atoms with Crippen LogP contribution in [0.3, 0.4) is 0 Å². The molecule has 0 bridgehead atoms. The van der Waals surface area contributed by atoms with Crippen LogP contribution in [0.2, 0.25) is 0 Å². The zero-order valence-electron chi connectivity index (χ0n) is 10.1. The Kier molecular flexibility index (Phi) is 2.61. The molecule has 1 aromatic rings. The summed E-state index contributed by atoms with van der Waals surface area (Å²) >= 11 is 0. The van der Waals surface area contributed by atoms with E-state index in [1.54, 1.807) is 17.0 Å². The predicted molar refractivity (Wildman–Crippen MR) is 65.5 cm³/mol. The fourth-order valence-corrected chi connectivity index (χ4v) is 2.79. The van der Waals surface area contributed by atoms with Crippen molar-refractivity contribution in [2.24, 2.45) is 0 Å². The first-order valence-corrected chi connectivity index (χ1v) is 6.34. The molecule has 0 spiro atoms. The Labute approximate surface area is 105 Å². The summed E-state index contributed by atoms with van der Waals surface area (Å²) in [4.78, 5) is 13.4. The number of alkyl halides is 2. The molecule has 1 heterocycles. The van der Waals surface area contributed by atoms with Gasteiger partial charge in [0.15, 0.2) is 5.78 Å². The molecule has 0 unspecified atom stereocenters. The zero-order chi connectivity index (χ0) is 12.8. The van der Waals surface area contributed by atoms with Gasteiger partial charge in [-0.05, 0) is 36.6 Å². The van der Waals surface area contributed by atoms with Crippen LogP contribution in [0.5, 0.6) is 0 Å². The minimum absolute atomic E-state index is 0.0803. The summed E-state index contributed by atoms with van der Waals surface area (Å²) in [5.41, 5.74) is 2.61. The number of nitrogens with zero attached hydrogens (tertiary/aromatic N) is 1. The number of anilines is 1. The van der Waals surface area contributed by atoms with Gasteiger partial charge in [0.1, 0.15) is 0 Å². The predicted octanol–water partition coefficient (Wildman–Crippen LogP) is 3.05. The first-order valence-electron chi connectivity index (χ1n) is 6.34. The largest absolute Gasteiger partial charge is 0.365 e. The van der Waals surface area contributed by atoms with E-state index < -0.39 is 5.92 Å². The van der Waals surface area contributed by atoms with Gasteiger partial charge >= 0.3 is 0 Å². The van der Waals surface area contributed by atoms with Crippen molar-refractivity contribution in [3.8, 4) is 0 Å². The molecule has 0 amide bonds. The summed E-state index contributed by atoms with van der Waals surface area (Å²) in [5, 5.41) is 0. The SMILES string of the molecule is O=C1CCCc2cc(N3CCC(F)(F)C3)ccc21. The van der Waals surface area contributed by atoms with Crippen LogP contribution < -0.4 is 4.90 Å². The van der Waals surface area contributed by atoms with Crippen LogP contribution in [0, 0.1) is 0 Å². The van der Waals surface area contributed by atoms with Gasteiger partial charge in [0.05, 0.1) is 6.54 Å². The molecule has 2 aliphatic rings. The highest BCUT2D eigenvalue weighted by Gasteiger charge is 2.38. The molecule has 1 aliphatic heterocycles. The van der Waals surface area contributed by atoms with Crippen LogP contribution in [0.1, 0.15) is 35.2 Å². The average Bonchev–Trinajstić information content (AvgIpc) is 2.70. The van der Waals surface area contributed by atoms with Crippen LogP contribution in [-0.2, 0) is 6.42 Å². The monoisotopic (exact) mass is 251 g/mol. The fourth-order valence-electron chi connectivity index (χ4n) is 2.79. The van der Waals surface area contributed by atoms with Crippen molar-refractivity contribution in [3.63, 3.8) is 0 Å². The molecule has 4 heteroatoms. The fraction of sp³-hybridized carbons (Fsp3) is 0.500. The number of carbonyl (C=O) groups is 1. The van der Waals surface area contributed by atoms with Gasteiger partial charge in [-0.2, -0.15) is 0 Å². The minimum atomic E-state index is -2.58. The molecule has 1 fully saturated rings. The van der Waals surface area contributed by atoms with Crippen LogP contribution in [0.4, 0.5) is 14.5 Å². The van der Waals surface area contributed by atoms with Crippen molar-refractivity contribution in [3.05, 3.63) is 29.3 Å². The zero-order valence-corrected chi connectivity index (χ0v) is 10.1. The maximum atomic E-state index is 13.2. The second kappa shape index (κ2) is 4.04. The average molecular weight is 251 g/mol. The van der Waals surface area contributed by atoms with Crippen LogP contribution in [0.25, 0.3) is 0 Å². The number of hydrogen-bond acceptors (Lipinski definition) is 2. The van der Waals surface area contributed by atoms with Crippen molar-refractivity contribution in [2.75, 3.05) is 18.0 Å². The van der Waals surface area contributed by atoms with Crippen molar-refractivity contribution >= 4 is 11.5 Å². The lowest BCUT2D eigenvalue weighted by atomic mass is 9.90. The number of aryl methyl sites for hydroxylation is 1. The maximum absolute atomic E-state index is 13.2. The lowest BCUT2D eigenvalue weighted by Gasteiger charge is -2.22. The number of rotatable bonds is 1. The summed E-state index contributed by atoms with van der Waals surface area (Å²) < 4.78 is 26.4. The highest BCUT2D eigenvalue weighted by molar-refractivity contribution is 5.98. The van der Waals surface area contributed by atoms with Gasteiger partial charge in [-0.1, -0.05) is 0 Å². The van der Waals surface area contributed by atoms with E-state index >= 15 is 0 Å². The summed E-state index contributed by atoms with van der Waals surface area (Å²) in [6.45, 7) is 0.180. The molecule has 1 aliphatic carbocycles. The minimum Gasteiger partial charge on any atom is -0.365 e. The highest BCUT2D eigenvalue weighted by atomic mass is 19.3. The Hall–Kier alpha value is -1.45. The molecule has 1 aromatic carbocycles. The summed E-state index contributed by atoms with van der Waals surface area (Å²) in [6.07, 6.45) is 2.27. The van der Waals surface area contributed by atoms with Crippen molar-refractivity contribution in [2.45, 2.75) is 31.6 Å². The second-order valence-corrected chi connectivity index (χ2v) is 5.15. The third-order valence-corrected chi connectivity index (χ3v) is 3.77. The Balaban J connectivity index is 1.89. The summed E-state index contributed by atoms with van der Waals surface area (Å²) in [7, 11) is 0. The van der Waals surface area contributed by atoms with Gasteiger partial charge in [0.2, 0.25) is 0 Å². The molecular weight excluding hydrogens is 236 g/mol. The maximum Gasteiger partial charge on any atom is 0.266 e. The van der Waals surface area contributed by atoms with Gasteiger partial charge in [-0.15, -0.1) is 0 Å². The number of benzene rings is 1. The number of Topliss-reactive ketones (excluding diaryl/α,β-unsaturated/α-hetero) is 1. The number of ketones is 1. The Bertz CT molecular complexity index is 499. The molecule has 18 heavy (non-hydrogen) atoms. The Morgan fingerprint density at radius 2 is 2.06 bits per heavy atom. The van der Waals surface area contributed by atoms with E-state index in [1.807, 2.05) is 6.07 Å². The van der Waals surface area contributed by atoms with Gasteiger partial charge in [0.25, 0.3) is 5.92 Å². The molecular formula is C14H15F2NO. The van der Waals surface area contributed by atoms with E-state index in [2.05, 4.69) is 0 Å². The van der Waals surface area contributed by atoms with E-state index in [-0.39, 0.29) is 18.7 Å². The molecule has 0 radical (unpaired) electrons. The number of hydrogen-bond donors (Lipinski definition) is 0. The molecule has 2 nitrogen and oxygen atoms in total. The highest BCUT2D eigenvalue weighted by Crippen LogP contribution is 2.33. The van der Waals surface area contributed by atoms with Crippen LogP contribution in [0.15, 0.2) is 18.2 Å². The lowest BCUT2D eigenvalue weighted by Crippen LogP contribution is -2.25. The number of carbonyl (C=O) groups excluding carboxylic acids is 1. The normalized spacial score (nSPS) is 22.1. The van der Waals surface area contributed by atoms with E-state index in [0.717, 1.165) is 29.7 Å². The van der Waals surface area contributed by atoms with E-state index in [0.29, 0.717) is 13.0 Å². The molecule has 3 rings (SSSR count). The third kappa shape index (κ3) is 2.00. The summed E-state index contributed by atoms with van der Waals surface area (Å²) in [6, 6.07) is 5.50. The molecule has 0 N–H and O–H groups in total. The van der Waals surface area contributed by atoms with E-state index in [1.165, 1.54) is 0 Å². The van der Waals surface area contributed by atoms with Gasteiger partial charge < -0.3 is 4.90 Å². The van der Waals surface area contributed by atoms with Crippen molar-refractivity contribution < 1.29 is 13.6 Å². The van der Waals surface area contributed by atoms with Gasteiger partial charge in [-0.25, -0.2) is 8.78 Å². The second-order valence-electron chi connectivity index (χ2n) is 5.15. The first-order chi connectivity index (χ1) is 8.55. The molecule has 1 saturated heterocycles. The number of fused-ring (bicyclic) bond motifs is 1. The molecule has 96 valence electrons.